The van der Waals surface area contributed by atoms with E-state index in [1.807, 2.05) is 54.8 Å². The number of methoxy groups -OCH3 is 1. The topological polar surface area (TPSA) is 68.7 Å². The van der Waals surface area contributed by atoms with E-state index in [1.54, 1.807) is 24.6 Å². The third kappa shape index (κ3) is 4.97. The van der Waals surface area contributed by atoms with Gasteiger partial charge in [0.05, 0.1) is 18.5 Å². The first-order chi connectivity index (χ1) is 16.0. The minimum Gasteiger partial charge on any atom is -0.495 e. The lowest BCUT2D eigenvalue weighted by Crippen LogP contribution is -2.23. The maximum absolute atomic E-state index is 12.8. The Kier molecular flexibility index (Phi) is 6.86. The summed E-state index contributed by atoms with van der Waals surface area (Å²) in [6, 6.07) is 17.2. The lowest BCUT2D eigenvalue weighted by Gasteiger charge is -2.20. The summed E-state index contributed by atoms with van der Waals surface area (Å²) in [5.41, 5.74) is 4.15. The van der Waals surface area contributed by atoms with Crippen molar-refractivity contribution in [1.29, 1.82) is 0 Å². The molecule has 0 N–H and O–H groups in total. The molecule has 168 valence electrons. The molecule has 0 aliphatic carbocycles. The number of thiazole rings is 1. The second kappa shape index (κ2) is 9.97. The van der Waals surface area contributed by atoms with Gasteiger partial charge in [0.2, 0.25) is 5.91 Å². The zero-order valence-corrected chi connectivity index (χ0v) is 20.0. The number of carbonyl (C=O) groups excluding carboxylic acids is 2. The molecule has 0 aliphatic rings. The highest BCUT2D eigenvalue weighted by Crippen LogP contribution is 2.35. The first-order valence-electron chi connectivity index (χ1n) is 10.2. The zero-order chi connectivity index (χ0) is 23.4. The molecule has 0 aliphatic heterocycles. The van der Waals surface area contributed by atoms with Gasteiger partial charge in [-0.3, -0.25) is 9.69 Å². The molecule has 2 heterocycles. The molecule has 0 spiro atoms. The molecule has 1 amide bonds. The first-order valence-corrected chi connectivity index (χ1v) is 11.9. The van der Waals surface area contributed by atoms with E-state index in [2.05, 4.69) is 4.98 Å². The largest absolute Gasteiger partial charge is 0.495 e. The molecule has 4 rings (SSSR count). The Morgan fingerprint density at radius 2 is 1.79 bits per heavy atom. The Bertz CT molecular complexity index is 1280. The van der Waals surface area contributed by atoms with Gasteiger partial charge in [0, 0.05) is 17.9 Å². The van der Waals surface area contributed by atoms with Crippen molar-refractivity contribution in [3.8, 4) is 16.9 Å². The summed E-state index contributed by atoms with van der Waals surface area (Å²) in [4.78, 5) is 31.7. The van der Waals surface area contributed by atoms with E-state index in [0.717, 1.165) is 16.7 Å². The number of amides is 1. The van der Waals surface area contributed by atoms with E-state index >= 15 is 0 Å². The number of carbonyl (C=O) groups is 2. The van der Waals surface area contributed by atoms with E-state index in [4.69, 9.17) is 9.47 Å². The molecule has 0 radical (unpaired) electrons. The van der Waals surface area contributed by atoms with Crippen LogP contribution in [0.2, 0.25) is 0 Å². The van der Waals surface area contributed by atoms with Gasteiger partial charge in [-0.05, 0) is 36.1 Å². The van der Waals surface area contributed by atoms with Crippen LogP contribution in [0.1, 0.15) is 27.9 Å². The van der Waals surface area contributed by atoms with Gasteiger partial charge >= 0.3 is 5.97 Å². The van der Waals surface area contributed by atoms with Crippen molar-refractivity contribution in [3.63, 3.8) is 0 Å². The van der Waals surface area contributed by atoms with Crippen molar-refractivity contribution in [2.75, 3.05) is 12.0 Å². The number of benzene rings is 2. The predicted octanol–water partition coefficient (Wildman–Crippen LogP) is 6.23. The number of esters is 1. The number of rotatable bonds is 7. The van der Waals surface area contributed by atoms with Crippen molar-refractivity contribution in [1.82, 2.24) is 4.98 Å². The quantitative estimate of drug-likeness (QED) is 0.295. The van der Waals surface area contributed by atoms with Gasteiger partial charge in [0.25, 0.3) is 0 Å². The Balaban J connectivity index is 1.49. The van der Waals surface area contributed by atoms with Gasteiger partial charge in [-0.15, -0.1) is 22.7 Å². The summed E-state index contributed by atoms with van der Waals surface area (Å²) in [6.07, 6.45) is 0. The van der Waals surface area contributed by atoms with Gasteiger partial charge < -0.3 is 9.47 Å². The molecule has 0 atom stereocenters. The minimum atomic E-state index is -0.400. The van der Waals surface area contributed by atoms with Crippen LogP contribution in [0, 0.1) is 6.92 Å². The summed E-state index contributed by atoms with van der Waals surface area (Å²) in [5, 5.41) is 4.14. The van der Waals surface area contributed by atoms with Crippen LogP contribution in [-0.4, -0.2) is 24.0 Å². The highest BCUT2D eigenvalue weighted by molar-refractivity contribution is 7.14. The first kappa shape index (κ1) is 22.7. The van der Waals surface area contributed by atoms with Crippen molar-refractivity contribution < 1.29 is 19.1 Å². The van der Waals surface area contributed by atoms with Crippen LogP contribution in [0.3, 0.4) is 0 Å². The van der Waals surface area contributed by atoms with Crippen molar-refractivity contribution in [2.45, 2.75) is 20.5 Å². The molecule has 0 saturated heterocycles. The van der Waals surface area contributed by atoms with Crippen molar-refractivity contribution in [3.05, 3.63) is 81.5 Å². The molecule has 6 nitrogen and oxygen atoms in total. The van der Waals surface area contributed by atoms with Gasteiger partial charge in [0.1, 0.15) is 17.2 Å². The zero-order valence-electron chi connectivity index (χ0n) is 18.4. The SMILES string of the molecule is COc1ccccc1N(C(C)=O)c1nc(COC(=O)c2sccc2-c2ccc(C)cc2)cs1. The standard InChI is InChI=1S/C25H22N2O4S2/c1-16-8-10-18(11-9-16)20-12-13-32-23(20)24(29)31-14-19-15-33-25(26-19)27(17(2)28)21-6-4-5-7-22(21)30-3/h4-13,15H,14H2,1-3H3. The Morgan fingerprint density at radius 1 is 1.03 bits per heavy atom. The highest BCUT2D eigenvalue weighted by atomic mass is 32.1. The van der Waals surface area contributed by atoms with E-state index in [1.165, 1.54) is 34.5 Å². The predicted molar refractivity (Wildman–Crippen MR) is 132 cm³/mol. The van der Waals surface area contributed by atoms with Crippen LogP contribution in [-0.2, 0) is 16.1 Å². The van der Waals surface area contributed by atoms with Crippen LogP contribution in [0.4, 0.5) is 10.8 Å². The van der Waals surface area contributed by atoms with E-state index in [0.29, 0.717) is 27.1 Å². The number of anilines is 2. The molecule has 8 heteroatoms. The molecule has 0 unspecified atom stereocenters. The smallest absolute Gasteiger partial charge is 0.349 e. The van der Waals surface area contributed by atoms with Gasteiger partial charge in [-0.1, -0.05) is 42.0 Å². The highest BCUT2D eigenvalue weighted by Gasteiger charge is 2.22. The second-order valence-electron chi connectivity index (χ2n) is 7.25. The third-order valence-corrected chi connectivity index (χ3v) is 6.71. The minimum absolute atomic E-state index is 0.0121. The van der Waals surface area contributed by atoms with Gasteiger partial charge in [-0.25, -0.2) is 9.78 Å². The Hall–Kier alpha value is -3.49. The van der Waals surface area contributed by atoms with E-state index < -0.39 is 5.97 Å². The van der Waals surface area contributed by atoms with Crippen LogP contribution >= 0.6 is 22.7 Å². The number of hydrogen-bond donors (Lipinski definition) is 0. The summed E-state index contributed by atoms with van der Waals surface area (Å²) in [7, 11) is 1.55. The van der Waals surface area contributed by atoms with E-state index in [9.17, 15) is 9.59 Å². The molecule has 0 bridgehead atoms. The van der Waals surface area contributed by atoms with Crippen LogP contribution in [0.25, 0.3) is 11.1 Å². The molecule has 0 fully saturated rings. The van der Waals surface area contributed by atoms with E-state index in [-0.39, 0.29) is 12.5 Å². The fourth-order valence-corrected chi connectivity index (χ4v) is 4.99. The van der Waals surface area contributed by atoms with Crippen molar-refractivity contribution >= 4 is 45.4 Å². The number of ether oxygens (including phenoxy) is 2. The summed E-state index contributed by atoms with van der Waals surface area (Å²) in [5.74, 6) is -0.0285. The summed E-state index contributed by atoms with van der Waals surface area (Å²) < 4.78 is 10.9. The van der Waals surface area contributed by atoms with Crippen molar-refractivity contribution in [2.24, 2.45) is 0 Å². The van der Waals surface area contributed by atoms with Crippen LogP contribution < -0.4 is 9.64 Å². The molecular weight excluding hydrogens is 456 g/mol. The number of hydrogen-bond acceptors (Lipinski definition) is 7. The van der Waals surface area contributed by atoms with Gasteiger partial charge in [-0.2, -0.15) is 0 Å². The summed E-state index contributed by atoms with van der Waals surface area (Å²) >= 11 is 2.65. The molecule has 2 aromatic carbocycles. The number of aryl methyl sites for hydroxylation is 1. The average molecular weight is 479 g/mol. The third-order valence-electron chi connectivity index (χ3n) is 4.94. The van der Waals surface area contributed by atoms with Crippen LogP contribution in [0.15, 0.2) is 65.4 Å². The number of aromatic nitrogens is 1. The number of thiophene rings is 1. The molecule has 0 saturated carbocycles. The Morgan fingerprint density at radius 3 is 2.52 bits per heavy atom. The molecule has 2 aromatic heterocycles. The molecular formula is C25H22N2O4S2. The lowest BCUT2D eigenvalue weighted by molar-refractivity contribution is -0.115. The maximum atomic E-state index is 12.8. The second-order valence-corrected chi connectivity index (χ2v) is 9.01. The monoisotopic (exact) mass is 478 g/mol. The fraction of sp³-hybridized carbons (Fsp3) is 0.160. The number of nitrogens with zero attached hydrogens (tertiary/aromatic N) is 2. The average Bonchev–Trinajstić information content (AvgIpc) is 3.48. The summed E-state index contributed by atoms with van der Waals surface area (Å²) in [6.45, 7) is 3.50. The fourth-order valence-electron chi connectivity index (χ4n) is 3.32. The Labute approximate surface area is 200 Å². The lowest BCUT2D eigenvalue weighted by atomic mass is 10.1. The van der Waals surface area contributed by atoms with Crippen LogP contribution in [0.5, 0.6) is 5.75 Å². The van der Waals surface area contributed by atoms with Gasteiger partial charge in [0.15, 0.2) is 5.13 Å². The number of para-hydroxylation sites is 2. The molecule has 33 heavy (non-hydrogen) atoms. The maximum Gasteiger partial charge on any atom is 0.349 e. The normalized spacial score (nSPS) is 10.6. The molecule has 4 aromatic rings.